The number of benzene rings is 3. The van der Waals surface area contributed by atoms with E-state index >= 15 is 0 Å². The highest BCUT2D eigenvalue weighted by Crippen LogP contribution is 2.24. The van der Waals surface area contributed by atoms with E-state index in [9.17, 15) is 18.0 Å². The summed E-state index contributed by atoms with van der Waals surface area (Å²) in [7, 11) is -3.77. The van der Waals surface area contributed by atoms with E-state index in [-0.39, 0.29) is 11.5 Å². The van der Waals surface area contributed by atoms with Crippen LogP contribution in [0.2, 0.25) is 0 Å². The molecule has 1 aromatic heterocycles. The lowest BCUT2D eigenvalue weighted by Crippen LogP contribution is -2.20. The first-order chi connectivity index (χ1) is 15.8. The van der Waals surface area contributed by atoms with Crippen molar-refractivity contribution in [3.63, 3.8) is 0 Å². The summed E-state index contributed by atoms with van der Waals surface area (Å²) in [5.74, 6) is -0.0717. The van der Waals surface area contributed by atoms with Crippen LogP contribution in [0.4, 0.5) is 11.4 Å². The molecule has 0 saturated carbocycles. The number of carbonyl (C=O) groups is 1. The minimum Gasteiger partial charge on any atom is -0.484 e. The molecule has 0 fully saturated rings. The summed E-state index contributed by atoms with van der Waals surface area (Å²) >= 11 is 0. The standard InChI is InChI=1S/C24H20N2O6S/c1-16-7-10-18(13-21(16)26-33(29,30)20-5-3-2-4-6-20)25-23(27)15-31-19-11-8-17-9-12-24(28)32-22(17)14-19/h2-14,26H,15H2,1H3,(H,25,27). The van der Waals surface area contributed by atoms with E-state index in [1.807, 2.05) is 0 Å². The van der Waals surface area contributed by atoms with Crippen LogP contribution in [-0.4, -0.2) is 20.9 Å². The summed E-state index contributed by atoms with van der Waals surface area (Å²) in [6.45, 7) is 1.47. The second kappa shape index (κ2) is 9.17. The van der Waals surface area contributed by atoms with Gasteiger partial charge in [0.2, 0.25) is 0 Å². The van der Waals surface area contributed by atoms with Gasteiger partial charge in [0, 0.05) is 23.2 Å². The number of sulfonamides is 1. The molecule has 3 aromatic carbocycles. The number of nitrogens with one attached hydrogen (secondary N) is 2. The quantitative estimate of drug-likeness (QED) is 0.401. The molecule has 1 heterocycles. The van der Waals surface area contributed by atoms with Crippen molar-refractivity contribution in [2.45, 2.75) is 11.8 Å². The van der Waals surface area contributed by atoms with Gasteiger partial charge in [0.1, 0.15) is 11.3 Å². The van der Waals surface area contributed by atoms with Gasteiger partial charge >= 0.3 is 5.63 Å². The number of hydrogen-bond acceptors (Lipinski definition) is 6. The Kier molecular flexibility index (Phi) is 6.14. The van der Waals surface area contributed by atoms with Crippen LogP contribution in [0.25, 0.3) is 11.0 Å². The van der Waals surface area contributed by atoms with Crippen molar-refractivity contribution in [2.75, 3.05) is 16.6 Å². The third-order valence-electron chi connectivity index (χ3n) is 4.78. The van der Waals surface area contributed by atoms with E-state index in [0.717, 1.165) is 5.39 Å². The van der Waals surface area contributed by atoms with Crippen LogP contribution >= 0.6 is 0 Å². The maximum atomic E-state index is 12.6. The molecular formula is C24H20N2O6S. The van der Waals surface area contributed by atoms with Gasteiger partial charge in [-0.1, -0.05) is 24.3 Å². The maximum absolute atomic E-state index is 12.6. The van der Waals surface area contributed by atoms with Gasteiger partial charge in [-0.2, -0.15) is 0 Å². The van der Waals surface area contributed by atoms with Crippen molar-refractivity contribution < 1.29 is 22.4 Å². The maximum Gasteiger partial charge on any atom is 0.336 e. The van der Waals surface area contributed by atoms with Crippen LogP contribution in [0.1, 0.15) is 5.56 Å². The van der Waals surface area contributed by atoms with Gasteiger partial charge in [-0.3, -0.25) is 9.52 Å². The summed E-state index contributed by atoms with van der Waals surface area (Å²) in [5.41, 5.74) is 1.33. The van der Waals surface area contributed by atoms with E-state index in [1.54, 1.807) is 61.5 Å². The van der Waals surface area contributed by atoms with Crippen LogP contribution in [0.3, 0.4) is 0 Å². The molecule has 9 heteroatoms. The third-order valence-corrected chi connectivity index (χ3v) is 6.17. The van der Waals surface area contributed by atoms with Gasteiger partial charge in [-0.25, -0.2) is 13.2 Å². The molecule has 0 saturated heterocycles. The summed E-state index contributed by atoms with van der Waals surface area (Å²) in [6, 6.07) is 20.8. The number of ether oxygens (including phenoxy) is 1. The molecule has 0 radical (unpaired) electrons. The van der Waals surface area contributed by atoms with Crippen LogP contribution in [0.5, 0.6) is 5.75 Å². The predicted octanol–water partition coefficient (Wildman–Crippen LogP) is 3.92. The second-order valence-electron chi connectivity index (χ2n) is 7.24. The molecule has 0 bridgehead atoms. The first-order valence-corrected chi connectivity index (χ1v) is 11.4. The zero-order valence-electron chi connectivity index (χ0n) is 17.6. The summed E-state index contributed by atoms with van der Waals surface area (Å²) < 4.78 is 38.4. The lowest BCUT2D eigenvalue weighted by Gasteiger charge is -2.13. The molecular weight excluding hydrogens is 444 g/mol. The van der Waals surface area contributed by atoms with Crippen LogP contribution in [0, 0.1) is 6.92 Å². The first-order valence-electron chi connectivity index (χ1n) is 9.95. The average Bonchev–Trinajstić information content (AvgIpc) is 2.80. The topological polar surface area (TPSA) is 115 Å². The Morgan fingerprint density at radius 1 is 0.970 bits per heavy atom. The Morgan fingerprint density at radius 2 is 1.73 bits per heavy atom. The molecule has 0 aliphatic carbocycles. The van der Waals surface area contributed by atoms with Gasteiger partial charge in [-0.15, -0.1) is 0 Å². The normalized spacial score (nSPS) is 11.2. The van der Waals surface area contributed by atoms with Crippen molar-refractivity contribution in [1.29, 1.82) is 0 Å². The van der Waals surface area contributed by atoms with Crippen molar-refractivity contribution in [3.8, 4) is 5.75 Å². The number of hydrogen-bond donors (Lipinski definition) is 2. The molecule has 168 valence electrons. The van der Waals surface area contributed by atoms with Crippen LogP contribution in [0.15, 0.2) is 93.0 Å². The Balaban J connectivity index is 1.43. The van der Waals surface area contributed by atoms with Crippen molar-refractivity contribution in [2.24, 2.45) is 0 Å². The van der Waals surface area contributed by atoms with Crippen molar-refractivity contribution in [3.05, 3.63) is 94.8 Å². The van der Waals surface area contributed by atoms with Gasteiger partial charge in [-0.05, 0) is 55.0 Å². The minimum atomic E-state index is -3.77. The SMILES string of the molecule is Cc1ccc(NC(=O)COc2ccc3ccc(=O)oc3c2)cc1NS(=O)(=O)c1ccccc1. The number of anilines is 2. The Labute approximate surface area is 189 Å². The van der Waals surface area contributed by atoms with Crippen LogP contribution in [-0.2, 0) is 14.8 Å². The summed E-state index contributed by atoms with van der Waals surface area (Å²) in [4.78, 5) is 23.9. The van der Waals surface area contributed by atoms with E-state index in [1.165, 1.54) is 24.3 Å². The number of carbonyl (C=O) groups excluding carboxylic acids is 1. The Hall–Kier alpha value is -4.11. The summed E-state index contributed by atoms with van der Waals surface area (Å²) in [6.07, 6.45) is 0. The van der Waals surface area contributed by atoms with Crippen LogP contribution < -0.4 is 20.4 Å². The average molecular weight is 464 g/mol. The third kappa shape index (κ3) is 5.39. The highest BCUT2D eigenvalue weighted by molar-refractivity contribution is 7.92. The molecule has 0 spiro atoms. The predicted molar refractivity (Wildman–Crippen MR) is 125 cm³/mol. The monoisotopic (exact) mass is 464 g/mol. The molecule has 33 heavy (non-hydrogen) atoms. The molecule has 0 atom stereocenters. The molecule has 2 N–H and O–H groups in total. The number of rotatable bonds is 7. The largest absolute Gasteiger partial charge is 0.484 e. The van der Waals surface area contributed by atoms with Gasteiger partial charge in [0.15, 0.2) is 6.61 Å². The summed E-state index contributed by atoms with van der Waals surface area (Å²) in [5, 5.41) is 3.41. The fourth-order valence-electron chi connectivity index (χ4n) is 3.09. The fourth-order valence-corrected chi connectivity index (χ4v) is 4.23. The Morgan fingerprint density at radius 3 is 2.52 bits per heavy atom. The zero-order chi connectivity index (χ0) is 23.4. The molecule has 0 unspecified atom stereocenters. The highest BCUT2D eigenvalue weighted by atomic mass is 32.2. The molecule has 4 aromatic rings. The number of amides is 1. The first kappa shape index (κ1) is 22.1. The molecule has 0 aliphatic rings. The van der Waals surface area contributed by atoms with E-state index in [0.29, 0.717) is 28.3 Å². The lowest BCUT2D eigenvalue weighted by atomic mass is 10.2. The fraction of sp³-hybridized carbons (Fsp3) is 0.0833. The van der Waals surface area contributed by atoms with E-state index < -0.39 is 21.6 Å². The molecule has 8 nitrogen and oxygen atoms in total. The van der Waals surface area contributed by atoms with Gasteiger partial charge < -0.3 is 14.5 Å². The van der Waals surface area contributed by atoms with Crippen molar-refractivity contribution in [1.82, 2.24) is 0 Å². The van der Waals surface area contributed by atoms with E-state index in [2.05, 4.69) is 10.0 Å². The van der Waals surface area contributed by atoms with Gasteiger partial charge in [0.05, 0.1) is 10.6 Å². The number of aryl methyl sites for hydroxylation is 1. The van der Waals surface area contributed by atoms with E-state index in [4.69, 9.17) is 9.15 Å². The number of fused-ring (bicyclic) bond motifs is 1. The molecule has 1 amide bonds. The lowest BCUT2D eigenvalue weighted by molar-refractivity contribution is -0.118. The molecule has 0 aliphatic heterocycles. The second-order valence-corrected chi connectivity index (χ2v) is 8.92. The van der Waals surface area contributed by atoms with Crippen molar-refractivity contribution >= 4 is 38.3 Å². The molecule has 4 rings (SSSR count). The Bertz CT molecular complexity index is 1480. The zero-order valence-corrected chi connectivity index (χ0v) is 18.4. The highest BCUT2D eigenvalue weighted by Gasteiger charge is 2.15. The minimum absolute atomic E-state index is 0.137. The smallest absolute Gasteiger partial charge is 0.336 e. The van der Waals surface area contributed by atoms with Gasteiger partial charge in [0.25, 0.3) is 15.9 Å².